The Morgan fingerprint density at radius 1 is 1.04 bits per heavy atom. The quantitative estimate of drug-likeness (QED) is 0.549. The smallest absolute Gasteiger partial charge is 0.224 e. The van der Waals surface area contributed by atoms with E-state index in [1.807, 2.05) is 0 Å². The third kappa shape index (κ3) is 4.85. The average molecular weight is 391 g/mol. The number of methoxy groups -OCH3 is 3. The van der Waals surface area contributed by atoms with Crippen LogP contribution < -0.4 is 19.5 Å². The lowest BCUT2D eigenvalue weighted by molar-refractivity contribution is -0.115. The summed E-state index contributed by atoms with van der Waals surface area (Å²) in [4.78, 5) is 24.8. The number of phenolic OH excluding ortho intramolecular Hbond substituents is 1. The normalized spacial score (nSPS) is 10.2. The van der Waals surface area contributed by atoms with Gasteiger partial charge >= 0.3 is 0 Å². The predicted octanol–water partition coefficient (Wildman–Crippen LogP) is 3.70. The van der Waals surface area contributed by atoms with Crippen LogP contribution in [0.2, 0.25) is 0 Å². The van der Waals surface area contributed by atoms with Gasteiger partial charge in [0.15, 0.2) is 11.5 Å². The molecule has 0 saturated carbocycles. The number of phenols is 1. The lowest BCUT2D eigenvalue weighted by atomic mass is 10.2. The number of nitrogens with one attached hydrogen (secondary N) is 1. The Morgan fingerprint density at radius 2 is 1.67 bits per heavy atom. The number of carbonyl (C=O) groups excluding carboxylic acids is 2. The van der Waals surface area contributed by atoms with Gasteiger partial charge in [-0.2, -0.15) is 0 Å². The maximum atomic E-state index is 12.6. The zero-order chi connectivity index (χ0) is 20.0. The van der Waals surface area contributed by atoms with E-state index in [9.17, 15) is 14.7 Å². The van der Waals surface area contributed by atoms with Crippen LogP contribution in [-0.4, -0.2) is 37.5 Å². The summed E-state index contributed by atoms with van der Waals surface area (Å²) in [5.74, 6) is 0.951. The van der Waals surface area contributed by atoms with E-state index in [1.54, 1.807) is 19.1 Å². The van der Waals surface area contributed by atoms with Crippen molar-refractivity contribution >= 4 is 28.5 Å². The van der Waals surface area contributed by atoms with Crippen LogP contribution in [0.4, 0.5) is 5.69 Å². The number of amides is 1. The maximum Gasteiger partial charge on any atom is 0.224 e. The van der Waals surface area contributed by atoms with Gasteiger partial charge in [-0.3, -0.25) is 9.59 Å². The number of thioether (sulfide) groups is 1. The van der Waals surface area contributed by atoms with Crippen molar-refractivity contribution in [2.75, 3.05) is 26.6 Å². The fraction of sp³-hybridized carbons (Fsp3) is 0.263. The Bertz CT molecular complexity index is 827. The summed E-state index contributed by atoms with van der Waals surface area (Å²) < 4.78 is 15.8. The molecule has 0 aromatic heterocycles. The zero-order valence-electron chi connectivity index (χ0n) is 15.5. The van der Waals surface area contributed by atoms with E-state index in [0.29, 0.717) is 27.7 Å². The lowest BCUT2D eigenvalue weighted by Crippen LogP contribution is -2.10. The minimum atomic E-state index is -0.267. The maximum absolute atomic E-state index is 12.6. The molecule has 144 valence electrons. The van der Waals surface area contributed by atoms with Gasteiger partial charge < -0.3 is 24.6 Å². The number of hydrogen-bond donors (Lipinski definition) is 2. The van der Waals surface area contributed by atoms with Crippen molar-refractivity contribution in [2.24, 2.45) is 0 Å². The molecule has 0 unspecified atom stereocenters. The van der Waals surface area contributed by atoms with Gasteiger partial charge in [0.1, 0.15) is 5.75 Å². The van der Waals surface area contributed by atoms with Crippen LogP contribution in [0, 0.1) is 0 Å². The van der Waals surface area contributed by atoms with Crippen LogP contribution in [0.25, 0.3) is 0 Å². The number of carbonyl (C=O) groups is 2. The third-order valence-electron chi connectivity index (χ3n) is 3.68. The second-order valence-corrected chi connectivity index (χ2v) is 6.43. The summed E-state index contributed by atoms with van der Waals surface area (Å²) in [5.41, 5.74) is 0.524. The van der Waals surface area contributed by atoms with Crippen LogP contribution in [0.1, 0.15) is 23.7 Å². The molecule has 0 aliphatic carbocycles. The van der Waals surface area contributed by atoms with Gasteiger partial charge in [0.05, 0.1) is 27.0 Å². The Labute approximate surface area is 161 Å². The molecule has 0 atom stereocenters. The van der Waals surface area contributed by atoms with Crippen LogP contribution in [0.3, 0.4) is 0 Å². The van der Waals surface area contributed by atoms with Gasteiger partial charge in [-0.15, -0.1) is 0 Å². The third-order valence-corrected chi connectivity index (χ3v) is 4.57. The molecule has 0 saturated heterocycles. The number of benzene rings is 2. The van der Waals surface area contributed by atoms with Gasteiger partial charge in [0.2, 0.25) is 16.8 Å². The molecule has 0 radical (unpaired) electrons. The Balaban J connectivity index is 2.29. The number of rotatable bonds is 7. The first kappa shape index (κ1) is 20.4. The monoisotopic (exact) mass is 391 g/mol. The van der Waals surface area contributed by atoms with Gasteiger partial charge in [-0.05, 0) is 42.1 Å². The highest BCUT2D eigenvalue weighted by atomic mass is 32.2. The highest BCUT2D eigenvalue weighted by Gasteiger charge is 2.17. The topological polar surface area (TPSA) is 94.1 Å². The highest BCUT2D eigenvalue weighted by molar-refractivity contribution is 8.14. The molecule has 2 aromatic rings. The van der Waals surface area contributed by atoms with Gasteiger partial charge in [-0.25, -0.2) is 0 Å². The summed E-state index contributed by atoms with van der Waals surface area (Å²) in [6, 6.07) is 7.64. The van der Waals surface area contributed by atoms with Crippen LogP contribution in [-0.2, 0) is 4.79 Å². The van der Waals surface area contributed by atoms with E-state index >= 15 is 0 Å². The zero-order valence-corrected chi connectivity index (χ0v) is 16.3. The largest absolute Gasteiger partial charge is 0.506 e. The van der Waals surface area contributed by atoms with E-state index < -0.39 is 0 Å². The lowest BCUT2D eigenvalue weighted by Gasteiger charge is -2.13. The van der Waals surface area contributed by atoms with Gasteiger partial charge in [-0.1, -0.05) is 6.92 Å². The van der Waals surface area contributed by atoms with Crippen molar-refractivity contribution < 1.29 is 28.9 Å². The molecular weight excluding hydrogens is 370 g/mol. The van der Waals surface area contributed by atoms with Crippen molar-refractivity contribution in [1.82, 2.24) is 0 Å². The minimum Gasteiger partial charge on any atom is -0.506 e. The molecule has 2 rings (SSSR count). The molecule has 0 heterocycles. The second kappa shape index (κ2) is 9.18. The second-order valence-electron chi connectivity index (χ2n) is 5.38. The Kier molecular flexibility index (Phi) is 6.95. The molecule has 2 N–H and O–H groups in total. The molecule has 7 nitrogen and oxygen atoms in total. The number of hydrogen-bond acceptors (Lipinski definition) is 7. The fourth-order valence-electron chi connectivity index (χ4n) is 2.28. The number of ether oxygens (including phenoxy) is 3. The number of aromatic hydroxyl groups is 1. The van der Waals surface area contributed by atoms with Crippen molar-refractivity contribution in [1.29, 1.82) is 0 Å². The predicted molar refractivity (Wildman–Crippen MR) is 103 cm³/mol. The first-order valence-corrected chi connectivity index (χ1v) is 8.90. The van der Waals surface area contributed by atoms with Crippen LogP contribution >= 0.6 is 11.8 Å². The average Bonchev–Trinajstić information content (AvgIpc) is 2.68. The van der Waals surface area contributed by atoms with E-state index in [-0.39, 0.29) is 28.9 Å². The summed E-state index contributed by atoms with van der Waals surface area (Å²) in [6.45, 7) is 1.70. The molecule has 27 heavy (non-hydrogen) atoms. The summed E-state index contributed by atoms with van der Waals surface area (Å²) in [5, 5.41) is 12.2. The molecule has 2 aromatic carbocycles. The minimum absolute atomic E-state index is 0.105. The highest BCUT2D eigenvalue weighted by Crippen LogP contribution is 2.41. The molecule has 0 fully saturated rings. The molecule has 0 bridgehead atoms. The van der Waals surface area contributed by atoms with E-state index in [4.69, 9.17) is 14.2 Å². The Morgan fingerprint density at radius 3 is 2.19 bits per heavy atom. The first-order chi connectivity index (χ1) is 12.9. The van der Waals surface area contributed by atoms with Gasteiger partial charge in [0.25, 0.3) is 0 Å². The SMILES string of the molecule is CCC(=O)Nc1cc(C(=O)Sc2cc(OC)c(OC)c(OC)c2)ccc1O. The van der Waals surface area contributed by atoms with Crippen molar-refractivity contribution in [2.45, 2.75) is 18.2 Å². The standard InChI is InChI=1S/C19H21NO6S/c1-5-17(22)20-13-8-11(6-7-14(13)21)19(23)27-12-9-15(24-2)18(26-4)16(10-12)25-3/h6-10,21H,5H2,1-4H3,(H,20,22). The molecule has 1 amide bonds. The van der Waals surface area contributed by atoms with Crippen molar-refractivity contribution in [3.8, 4) is 23.0 Å². The van der Waals surface area contributed by atoms with E-state index in [0.717, 1.165) is 11.8 Å². The van der Waals surface area contributed by atoms with E-state index in [2.05, 4.69) is 5.32 Å². The van der Waals surface area contributed by atoms with Gasteiger partial charge in [0, 0.05) is 16.9 Å². The first-order valence-electron chi connectivity index (χ1n) is 8.08. The summed E-state index contributed by atoms with van der Waals surface area (Å²) >= 11 is 0.965. The fourth-order valence-corrected chi connectivity index (χ4v) is 3.07. The van der Waals surface area contributed by atoms with Crippen LogP contribution in [0.15, 0.2) is 35.2 Å². The molecular formula is C19H21NO6S. The van der Waals surface area contributed by atoms with Crippen molar-refractivity contribution in [3.63, 3.8) is 0 Å². The molecule has 8 heteroatoms. The molecule has 0 aliphatic heterocycles. The number of anilines is 1. The summed E-state index contributed by atoms with van der Waals surface area (Å²) in [6.07, 6.45) is 0.262. The van der Waals surface area contributed by atoms with E-state index in [1.165, 1.54) is 39.5 Å². The van der Waals surface area contributed by atoms with Crippen LogP contribution in [0.5, 0.6) is 23.0 Å². The molecule has 0 aliphatic rings. The molecule has 0 spiro atoms. The summed E-state index contributed by atoms with van der Waals surface area (Å²) in [7, 11) is 4.49. The Hall–Kier alpha value is -2.87. The van der Waals surface area contributed by atoms with Crippen molar-refractivity contribution in [3.05, 3.63) is 35.9 Å².